The molecule has 1 heteroatoms. The molecule has 1 aliphatic heterocycles. The van der Waals surface area contributed by atoms with Gasteiger partial charge < -0.3 is 5.32 Å². The Morgan fingerprint density at radius 3 is 2.38 bits per heavy atom. The van der Waals surface area contributed by atoms with Crippen LogP contribution in [0.15, 0.2) is 0 Å². The van der Waals surface area contributed by atoms with E-state index in [1.165, 1.54) is 45.1 Å². The summed E-state index contributed by atoms with van der Waals surface area (Å²) in [4.78, 5) is 0. The molecular weight excluding hydrogens is 158 g/mol. The highest BCUT2D eigenvalue weighted by Crippen LogP contribution is 2.46. The predicted octanol–water partition coefficient (Wildman–Crippen LogP) is 2.95. The van der Waals surface area contributed by atoms with E-state index in [0.29, 0.717) is 5.41 Å². The SMILES string of the molecule is CC(C)C1NCCC12CCCCC2. The molecule has 2 aliphatic rings. The molecule has 1 atom stereocenters. The first-order valence-corrected chi connectivity index (χ1v) is 5.98. The summed E-state index contributed by atoms with van der Waals surface area (Å²) in [6.07, 6.45) is 8.85. The van der Waals surface area contributed by atoms with Gasteiger partial charge in [0.1, 0.15) is 0 Å². The predicted molar refractivity (Wildman–Crippen MR) is 56.8 cm³/mol. The Bertz CT molecular complexity index is 168. The molecular formula is C12H23N. The van der Waals surface area contributed by atoms with Crippen molar-refractivity contribution in [1.29, 1.82) is 0 Å². The molecule has 1 saturated carbocycles. The van der Waals surface area contributed by atoms with E-state index in [1.807, 2.05) is 0 Å². The van der Waals surface area contributed by atoms with Gasteiger partial charge in [0.25, 0.3) is 0 Å². The summed E-state index contributed by atoms with van der Waals surface area (Å²) in [5.74, 6) is 0.820. The molecule has 1 aliphatic carbocycles. The first-order chi connectivity index (χ1) is 6.25. The minimum Gasteiger partial charge on any atom is -0.313 e. The first-order valence-electron chi connectivity index (χ1n) is 5.98. The summed E-state index contributed by atoms with van der Waals surface area (Å²) in [5.41, 5.74) is 0.701. The van der Waals surface area contributed by atoms with Crippen LogP contribution in [0.5, 0.6) is 0 Å². The Morgan fingerprint density at radius 2 is 1.77 bits per heavy atom. The van der Waals surface area contributed by atoms with Crippen LogP contribution in [0, 0.1) is 11.3 Å². The van der Waals surface area contributed by atoms with Crippen LogP contribution in [0.4, 0.5) is 0 Å². The number of hydrogen-bond acceptors (Lipinski definition) is 1. The topological polar surface area (TPSA) is 12.0 Å². The van der Waals surface area contributed by atoms with Gasteiger partial charge in [0.2, 0.25) is 0 Å². The summed E-state index contributed by atoms with van der Waals surface area (Å²) < 4.78 is 0. The third kappa shape index (κ3) is 1.63. The largest absolute Gasteiger partial charge is 0.313 e. The fourth-order valence-electron chi connectivity index (χ4n) is 3.61. The number of rotatable bonds is 1. The van der Waals surface area contributed by atoms with Gasteiger partial charge in [-0.1, -0.05) is 33.1 Å². The second-order valence-electron chi connectivity index (χ2n) is 5.35. The maximum Gasteiger partial charge on any atom is 0.0147 e. The standard InChI is InChI=1S/C12H23N/c1-10(2)11-12(8-9-13-11)6-4-3-5-7-12/h10-11,13H,3-9H2,1-2H3. The third-order valence-corrected chi connectivity index (χ3v) is 4.16. The van der Waals surface area contributed by atoms with E-state index in [0.717, 1.165) is 12.0 Å². The average molecular weight is 181 g/mol. The van der Waals surface area contributed by atoms with Gasteiger partial charge in [-0.25, -0.2) is 0 Å². The van der Waals surface area contributed by atoms with Gasteiger partial charge in [0.15, 0.2) is 0 Å². The van der Waals surface area contributed by atoms with Crippen LogP contribution in [0.3, 0.4) is 0 Å². The van der Waals surface area contributed by atoms with Crippen LogP contribution in [-0.4, -0.2) is 12.6 Å². The minimum absolute atomic E-state index is 0.701. The van der Waals surface area contributed by atoms with Crippen molar-refractivity contribution >= 4 is 0 Å². The van der Waals surface area contributed by atoms with Crippen LogP contribution in [0.2, 0.25) is 0 Å². The molecule has 0 aromatic rings. The van der Waals surface area contributed by atoms with Crippen molar-refractivity contribution in [2.45, 2.75) is 58.4 Å². The van der Waals surface area contributed by atoms with Crippen molar-refractivity contribution in [3.05, 3.63) is 0 Å². The van der Waals surface area contributed by atoms with E-state index in [2.05, 4.69) is 19.2 Å². The quantitative estimate of drug-likeness (QED) is 0.656. The molecule has 0 radical (unpaired) electrons. The molecule has 0 amide bonds. The second kappa shape index (κ2) is 3.61. The van der Waals surface area contributed by atoms with Crippen molar-refractivity contribution in [3.63, 3.8) is 0 Å². The van der Waals surface area contributed by atoms with E-state index >= 15 is 0 Å². The van der Waals surface area contributed by atoms with E-state index < -0.39 is 0 Å². The molecule has 0 bridgehead atoms. The van der Waals surface area contributed by atoms with Crippen LogP contribution >= 0.6 is 0 Å². The monoisotopic (exact) mass is 181 g/mol. The Kier molecular flexibility index (Phi) is 2.64. The summed E-state index contributed by atoms with van der Waals surface area (Å²) in [7, 11) is 0. The Labute approximate surface area is 82.3 Å². The molecule has 2 rings (SSSR count). The molecule has 1 N–H and O–H groups in total. The first kappa shape index (κ1) is 9.51. The van der Waals surface area contributed by atoms with Crippen LogP contribution in [-0.2, 0) is 0 Å². The van der Waals surface area contributed by atoms with Crippen LogP contribution < -0.4 is 5.32 Å². The summed E-state index contributed by atoms with van der Waals surface area (Å²) >= 11 is 0. The minimum atomic E-state index is 0.701. The highest BCUT2D eigenvalue weighted by atomic mass is 15.0. The number of hydrogen-bond donors (Lipinski definition) is 1. The zero-order valence-electron chi connectivity index (χ0n) is 9.10. The van der Waals surface area contributed by atoms with Gasteiger partial charge >= 0.3 is 0 Å². The average Bonchev–Trinajstić information content (AvgIpc) is 2.50. The fraction of sp³-hybridized carbons (Fsp3) is 1.00. The van der Waals surface area contributed by atoms with E-state index in [4.69, 9.17) is 0 Å². The molecule has 1 spiro atoms. The molecule has 13 heavy (non-hydrogen) atoms. The molecule has 76 valence electrons. The van der Waals surface area contributed by atoms with E-state index in [1.54, 1.807) is 0 Å². The van der Waals surface area contributed by atoms with Crippen molar-refractivity contribution in [3.8, 4) is 0 Å². The lowest BCUT2D eigenvalue weighted by molar-refractivity contribution is 0.136. The third-order valence-electron chi connectivity index (χ3n) is 4.16. The molecule has 2 fully saturated rings. The van der Waals surface area contributed by atoms with Crippen molar-refractivity contribution < 1.29 is 0 Å². The Hall–Kier alpha value is -0.0400. The zero-order chi connectivity index (χ0) is 9.31. The molecule has 0 aromatic heterocycles. The van der Waals surface area contributed by atoms with Gasteiger partial charge in [-0.3, -0.25) is 0 Å². The van der Waals surface area contributed by atoms with Gasteiger partial charge in [0.05, 0.1) is 0 Å². The van der Waals surface area contributed by atoms with Crippen molar-refractivity contribution in [1.82, 2.24) is 5.32 Å². The van der Waals surface area contributed by atoms with Crippen LogP contribution in [0.25, 0.3) is 0 Å². The lowest BCUT2D eigenvalue weighted by Gasteiger charge is -2.40. The lowest BCUT2D eigenvalue weighted by atomic mass is 9.66. The molecule has 1 saturated heterocycles. The van der Waals surface area contributed by atoms with E-state index in [-0.39, 0.29) is 0 Å². The summed E-state index contributed by atoms with van der Waals surface area (Å²) in [6, 6.07) is 0.813. The van der Waals surface area contributed by atoms with Crippen molar-refractivity contribution in [2.75, 3.05) is 6.54 Å². The van der Waals surface area contributed by atoms with Gasteiger partial charge in [-0.2, -0.15) is 0 Å². The van der Waals surface area contributed by atoms with Crippen LogP contribution in [0.1, 0.15) is 52.4 Å². The Morgan fingerprint density at radius 1 is 1.08 bits per heavy atom. The molecule has 1 unspecified atom stereocenters. The summed E-state index contributed by atoms with van der Waals surface area (Å²) in [6.45, 7) is 6.02. The highest BCUT2D eigenvalue weighted by molar-refractivity contribution is 4.99. The fourth-order valence-corrected chi connectivity index (χ4v) is 3.61. The maximum absolute atomic E-state index is 3.72. The van der Waals surface area contributed by atoms with Gasteiger partial charge in [0, 0.05) is 6.04 Å². The highest BCUT2D eigenvalue weighted by Gasteiger charge is 2.44. The molecule has 1 heterocycles. The normalized spacial score (nSPS) is 33.0. The summed E-state index contributed by atoms with van der Waals surface area (Å²) in [5, 5.41) is 3.72. The van der Waals surface area contributed by atoms with Crippen molar-refractivity contribution in [2.24, 2.45) is 11.3 Å². The maximum atomic E-state index is 3.72. The molecule has 1 nitrogen and oxygen atoms in total. The van der Waals surface area contributed by atoms with Gasteiger partial charge in [-0.15, -0.1) is 0 Å². The van der Waals surface area contributed by atoms with E-state index in [9.17, 15) is 0 Å². The van der Waals surface area contributed by atoms with Gasteiger partial charge in [-0.05, 0) is 37.1 Å². The number of nitrogens with one attached hydrogen (secondary N) is 1. The smallest absolute Gasteiger partial charge is 0.0147 e. The lowest BCUT2D eigenvalue weighted by Crippen LogP contribution is -2.42. The Balaban J connectivity index is 2.09. The zero-order valence-corrected chi connectivity index (χ0v) is 9.10. The second-order valence-corrected chi connectivity index (χ2v) is 5.35. The molecule has 0 aromatic carbocycles.